The maximum absolute atomic E-state index is 12.7. The molecule has 2 fully saturated rings. The van der Waals surface area contributed by atoms with Crippen molar-refractivity contribution in [2.24, 2.45) is 0 Å². The smallest absolute Gasteiger partial charge is 0.320 e. The van der Waals surface area contributed by atoms with Gasteiger partial charge in [0.05, 0.1) is 0 Å². The Balaban J connectivity index is 1.60. The summed E-state index contributed by atoms with van der Waals surface area (Å²) in [6, 6.07) is 4.63. The SMILES string of the molecule is Cc1ccnc(C2CCN(C(=O)N(C)C3CCOCC3)C2)c1. The Morgan fingerprint density at radius 2 is 2.14 bits per heavy atom. The maximum Gasteiger partial charge on any atom is 0.320 e. The van der Waals surface area contributed by atoms with Gasteiger partial charge in [-0.2, -0.15) is 0 Å². The van der Waals surface area contributed by atoms with Crippen LogP contribution in [0.15, 0.2) is 18.3 Å². The summed E-state index contributed by atoms with van der Waals surface area (Å²) in [5.41, 5.74) is 2.35. The standard InChI is InChI=1S/C17H25N3O2/c1-13-3-7-18-16(11-13)14-4-8-20(12-14)17(21)19(2)15-5-9-22-10-6-15/h3,7,11,14-15H,4-6,8-10,12H2,1-2H3. The number of likely N-dealkylation sites (tertiary alicyclic amines) is 1. The number of rotatable bonds is 2. The maximum atomic E-state index is 12.7. The number of ether oxygens (including phenoxy) is 1. The minimum Gasteiger partial charge on any atom is -0.381 e. The lowest BCUT2D eigenvalue weighted by Crippen LogP contribution is -2.47. The number of aryl methyl sites for hydroxylation is 1. The molecule has 3 heterocycles. The molecule has 0 N–H and O–H groups in total. The van der Waals surface area contributed by atoms with Crippen LogP contribution >= 0.6 is 0 Å². The van der Waals surface area contributed by atoms with Gasteiger partial charge in [0.25, 0.3) is 0 Å². The van der Waals surface area contributed by atoms with E-state index < -0.39 is 0 Å². The van der Waals surface area contributed by atoms with E-state index in [1.165, 1.54) is 5.56 Å². The molecule has 5 heteroatoms. The fourth-order valence-electron chi connectivity index (χ4n) is 3.41. The van der Waals surface area contributed by atoms with Crippen LogP contribution in [0.2, 0.25) is 0 Å². The van der Waals surface area contributed by atoms with Crippen molar-refractivity contribution in [2.45, 2.75) is 38.1 Å². The van der Waals surface area contributed by atoms with E-state index in [2.05, 4.69) is 18.0 Å². The first-order valence-electron chi connectivity index (χ1n) is 8.17. The summed E-state index contributed by atoms with van der Waals surface area (Å²) in [5.74, 6) is 0.368. The van der Waals surface area contributed by atoms with Gasteiger partial charge in [-0.3, -0.25) is 4.98 Å². The van der Waals surface area contributed by atoms with Crippen molar-refractivity contribution in [3.8, 4) is 0 Å². The zero-order chi connectivity index (χ0) is 15.5. The van der Waals surface area contributed by atoms with E-state index in [1.807, 2.05) is 29.1 Å². The summed E-state index contributed by atoms with van der Waals surface area (Å²) in [6.07, 6.45) is 4.75. The van der Waals surface area contributed by atoms with Crippen LogP contribution in [0.3, 0.4) is 0 Å². The van der Waals surface area contributed by atoms with Crippen LogP contribution in [0, 0.1) is 6.92 Å². The third-order valence-electron chi connectivity index (χ3n) is 4.85. The molecule has 0 radical (unpaired) electrons. The molecule has 3 rings (SSSR count). The van der Waals surface area contributed by atoms with E-state index in [0.29, 0.717) is 12.0 Å². The Morgan fingerprint density at radius 3 is 2.86 bits per heavy atom. The Hall–Kier alpha value is -1.62. The lowest BCUT2D eigenvalue weighted by Gasteiger charge is -2.34. The third kappa shape index (κ3) is 3.24. The number of aromatic nitrogens is 1. The summed E-state index contributed by atoms with van der Waals surface area (Å²) in [7, 11) is 1.93. The van der Waals surface area contributed by atoms with Gasteiger partial charge in [0, 0.05) is 57.2 Å². The predicted molar refractivity (Wildman–Crippen MR) is 84.9 cm³/mol. The minimum atomic E-state index is 0.155. The number of carbonyl (C=O) groups is 1. The molecule has 22 heavy (non-hydrogen) atoms. The molecule has 2 amide bonds. The molecule has 0 saturated carbocycles. The summed E-state index contributed by atoms with van der Waals surface area (Å²) >= 11 is 0. The first-order chi connectivity index (χ1) is 10.6. The quantitative estimate of drug-likeness (QED) is 0.843. The Labute approximate surface area is 132 Å². The van der Waals surface area contributed by atoms with E-state index in [4.69, 9.17) is 4.74 Å². The molecular weight excluding hydrogens is 278 g/mol. The molecule has 2 aliphatic heterocycles. The first-order valence-corrected chi connectivity index (χ1v) is 8.17. The molecule has 0 spiro atoms. The van der Waals surface area contributed by atoms with Crippen molar-refractivity contribution >= 4 is 6.03 Å². The lowest BCUT2D eigenvalue weighted by molar-refractivity contribution is 0.0476. The molecular formula is C17H25N3O2. The molecule has 1 aromatic rings. The van der Waals surface area contributed by atoms with Crippen LogP contribution < -0.4 is 0 Å². The highest BCUT2D eigenvalue weighted by Gasteiger charge is 2.32. The van der Waals surface area contributed by atoms with Crippen LogP contribution in [0.5, 0.6) is 0 Å². The van der Waals surface area contributed by atoms with E-state index >= 15 is 0 Å². The number of pyridine rings is 1. The van der Waals surface area contributed by atoms with Crippen molar-refractivity contribution < 1.29 is 9.53 Å². The highest BCUT2D eigenvalue weighted by molar-refractivity contribution is 5.75. The van der Waals surface area contributed by atoms with Crippen molar-refractivity contribution in [3.05, 3.63) is 29.6 Å². The molecule has 1 unspecified atom stereocenters. The summed E-state index contributed by atoms with van der Waals surface area (Å²) < 4.78 is 5.38. The van der Waals surface area contributed by atoms with Crippen molar-refractivity contribution in [1.29, 1.82) is 0 Å². The van der Waals surface area contributed by atoms with Crippen molar-refractivity contribution in [3.63, 3.8) is 0 Å². The monoisotopic (exact) mass is 303 g/mol. The van der Waals surface area contributed by atoms with Gasteiger partial charge in [-0.25, -0.2) is 4.79 Å². The van der Waals surface area contributed by atoms with Crippen molar-refractivity contribution in [1.82, 2.24) is 14.8 Å². The number of hydrogen-bond acceptors (Lipinski definition) is 3. The Kier molecular flexibility index (Phi) is 4.62. The zero-order valence-electron chi connectivity index (χ0n) is 13.5. The largest absolute Gasteiger partial charge is 0.381 e. The van der Waals surface area contributed by atoms with Gasteiger partial charge < -0.3 is 14.5 Å². The van der Waals surface area contributed by atoms with E-state index in [9.17, 15) is 4.79 Å². The molecule has 0 aliphatic carbocycles. The zero-order valence-corrected chi connectivity index (χ0v) is 13.5. The molecule has 0 aromatic carbocycles. The van der Waals surface area contributed by atoms with Gasteiger partial charge in [-0.1, -0.05) is 0 Å². The summed E-state index contributed by atoms with van der Waals surface area (Å²) in [4.78, 5) is 21.0. The van der Waals surface area contributed by atoms with E-state index in [0.717, 1.165) is 51.3 Å². The van der Waals surface area contributed by atoms with Gasteiger partial charge in [0.2, 0.25) is 0 Å². The normalized spacial score (nSPS) is 22.8. The average Bonchev–Trinajstić information content (AvgIpc) is 3.04. The Morgan fingerprint density at radius 1 is 1.36 bits per heavy atom. The fourth-order valence-corrected chi connectivity index (χ4v) is 3.41. The summed E-state index contributed by atoms with van der Waals surface area (Å²) in [6.45, 7) is 5.22. The number of amides is 2. The second kappa shape index (κ2) is 6.65. The lowest BCUT2D eigenvalue weighted by atomic mass is 10.0. The van der Waals surface area contributed by atoms with E-state index in [1.54, 1.807) is 0 Å². The molecule has 5 nitrogen and oxygen atoms in total. The predicted octanol–water partition coefficient (Wildman–Crippen LogP) is 2.41. The van der Waals surface area contributed by atoms with Gasteiger partial charge in [0.1, 0.15) is 0 Å². The number of hydrogen-bond donors (Lipinski definition) is 0. The second-order valence-electron chi connectivity index (χ2n) is 6.43. The molecule has 1 aromatic heterocycles. The van der Waals surface area contributed by atoms with Crippen LogP contribution in [0.4, 0.5) is 4.79 Å². The van der Waals surface area contributed by atoms with Crippen LogP contribution in [0.25, 0.3) is 0 Å². The topological polar surface area (TPSA) is 45.7 Å². The van der Waals surface area contributed by atoms with Gasteiger partial charge >= 0.3 is 6.03 Å². The summed E-state index contributed by atoms with van der Waals surface area (Å²) in [5, 5.41) is 0. The Bertz CT molecular complexity index is 528. The number of carbonyl (C=O) groups excluding carboxylic acids is 1. The van der Waals surface area contributed by atoms with Gasteiger partial charge in [-0.05, 0) is 43.9 Å². The first kappa shape index (κ1) is 15.3. The van der Waals surface area contributed by atoms with Crippen LogP contribution in [-0.2, 0) is 4.74 Å². The minimum absolute atomic E-state index is 0.155. The molecule has 1 atom stereocenters. The molecule has 2 aliphatic rings. The molecule has 2 saturated heterocycles. The van der Waals surface area contributed by atoms with Gasteiger partial charge in [0.15, 0.2) is 0 Å². The van der Waals surface area contributed by atoms with Crippen LogP contribution in [-0.4, -0.2) is 60.2 Å². The van der Waals surface area contributed by atoms with Crippen LogP contribution in [0.1, 0.15) is 36.4 Å². The van der Waals surface area contributed by atoms with Crippen molar-refractivity contribution in [2.75, 3.05) is 33.4 Å². The number of nitrogens with zero attached hydrogens (tertiary/aromatic N) is 3. The van der Waals surface area contributed by atoms with E-state index in [-0.39, 0.29) is 6.03 Å². The fraction of sp³-hybridized carbons (Fsp3) is 0.647. The second-order valence-corrected chi connectivity index (χ2v) is 6.43. The highest BCUT2D eigenvalue weighted by Crippen LogP contribution is 2.27. The third-order valence-corrected chi connectivity index (χ3v) is 4.85. The average molecular weight is 303 g/mol. The highest BCUT2D eigenvalue weighted by atomic mass is 16.5. The molecule has 120 valence electrons. The molecule has 0 bridgehead atoms. The number of urea groups is 1. The van der Waals surface area contributed by atoms with Gasteiger partial charge in [-0.15, -0.1) is 0 Å².